The standard InChI is InChI=1S/C24H18F4N2O4S/c1-33-11-10-30-18-8-7-15(13-21(18)35-20-5-3-2-4-16(20)23(30)32)29-22(31)14-6-9-19(17(25)12-14)34-24(26,27)28/h2-9,12-13H,10-11H2,1H3,(H,29,31). The number of fused-ring (bicyclic) bond motifs is 2. The highest BCUT2D eigenvalue weighted by Crippen LogP contribution is 2.42. The van der Waals surface area contributed by atoms with Crippen LogP contribution in [0.2, 0.25) is 0 Å². The predicted molar refractivity (Wildman–Crippen MR) is 122 cm³/mol. The number of rotatable bonds is 6. The molecule has 11 heteroatoms. The molecule has 1 N–H and O–H groups in total. The van der Waals surface area contributed by atoms with Gasteiger partial charge in [-0.15, -0.1) is 13.2 Å². The number of hydrogen-bond donors (Lipinski definition) is 1. The van der Waals surface area contributed by atoms with Crippen molar-refractivity contribution >= 4 is 35.0 Å². The minimum absolute atomic E-state index is 0.183. The Hall–Kier alpha value is -3.57. The van der Waals surface area contributed by atoms with Crippen molar-refractivity contribution in [2.45, 2.75) is 16.2 Å². The molecule has 0 saturated heterocycles. The number of methoxy groups -OCH3 is 1. The molecule has 0 radical (unpaired) electrons. The van der Waals surface area contributed by atoms with Gasteiger partial charge in [0.05, 0.1) is 17.9 Å². The van der Waals surface area contributed by atoms with Gasteiger partial charge in [0, 0.05) is 34.7 Å². The maximum atomic E-state index is 14.0. The van der Waals surface area contributed by atoms with Gasteiger partial charge >= 0.3 is 6.36 Å². The third-order valence-corrected chi connectivity index (χ3v) is 6.15. The summed E-state index contributed by atoms with van der Waals surface area (Å²) < 4.78 is 59.8. The maximum absolute atomic E-state index is 14.0. The van der Waals surface area contributed by atoms with Crippen LogP contribution in [0.4, 0.5) is 28.9 Å². The van der Waals surface area contributed by atoms with Crippen LogP contribution in [-0.4, -0.2) is 38.4 Å². The van der Waals surface area contributed by atoms with Gasteiger partial charge < -0.3 is 19.7 Å². The summed E-state index contributed by atoms with van der Waals surface area (Å²) in [7, 11) is 1.54. The molecule has 3 aromatic carbocycles. The summed E-state index contributed by atoms with van der Waals surface area (Å²) in [6, 6.07) is 14.5. The van der Waals surface area contributed by atoms with Gasteiger partial charge in [0.15, 0.2) is 11.6 Å². The molecule has 2 amide bonds. The molecule has 0 aliphatic carbocycles. The van der Waals surface area contributed by atoms with Crippen molar-refractivity contribution < 1.29 is 36.6 Å². The van der Waals surface area contributed by atoms with Gasteiger partial charge in [0.1, 0.15) is 0 Å². The molecule has 182 valence electrons. The Bertz CT molecular complexity index is 1280. The van der Waals surface area contributed by atoms with Crippen LogP contribution in [0, 0.1) is 5.82 Å². The van der Waals surface area contributed by atoms with Crippen molar-refractivity contribution in [3.8, 4) is 5.75 Å². The lowest BCUT2D eigenvalue weighted by Gasteiger charge is -2.23. The molecule has 0 spiro atoms. The molecule has 0 bridgehead atoms. The van der Waals surface area contributed by atoms with Gasteiger partial charge in [0.25, 0.3) is 11.8 Å². The molecule has 6 nitrogen and oxygen atoms in total. The van der Waals surface area contributed by atoms with Crippen LogP contribution in [0.25, 0.3) is 0 Å². The second-order valence-electron chi connectivity index (χ2n) is 7.38. The van der Waals surface area contributed by atoms with Crippen molar-refractivity contribution in [2.75, 3.05) is 30.5 Å². The number of anilines is 2. The summed E-state index contributed by atoms with van der Waals surface area (Å²) in [5.74, 6) is -3.27. The van der Waals surface area contributed by atoms with Crippen molar-refractivity contribution in [1.29, 1.82) is 0 Å². The minimum Gasteiger partial charge on any atom is -0.403 e. The highest BCUT2D eigenvalue weighted by Gasteiger charge is 2.32. The van der Waals surface area contributed by atoms with Gasteiger partial charge in [-0.2, -0.15) is 0 Å². The van der Waals surface area contributed by atoms with E-state index in [1.165, 1.54) is 18.9 Å². The summed E-state index contributed by atoms with van der Waals surface area (Å²) in [5, 5.41) is 2.61. The SMILES string of the molecule is COCCN1C(=O)c2ccccc2Sc2cc(NC(=O)c3ccc(OC(F)(F)F)c(F)c3)ccc21. The number of ether oxygens (including phenoxy) is 2. The fourth-order valence-corrected chi connectivity index (χ4v) is 4.58. The van der Waals surface area contributed by atoms with Crippen LogP contribution >= 0.6 is 11.8 Å². The highest BCUT2D eigenvalue weighted by molar-refractivity contribution is 7.99. The number of carbonyl (C=O) groups excluding carboxylic acids is 2. The first-order valence-corrected chi connectivity index (χ1v) is 11.1. The molecule has 3 aromatic rings. The quantitative estimate of drug-likeness (QED) is 0.433. The fraction of sp³-hybridized carbons (Fsp3) is 0.167. The molecule has 35 heavy (non-hydrogen) atoms. The van der Waals surface area contributed by atoms with Gasteiger partial charge in [0.2, 0.25) is 0 Å². The van der Waals surface area contributed by atoms with Crippen LogP contribution in [0.3, 0.4) is 0 Å². The zero-order valence-electron chi connectivity index (χ0n) is 18.2. The topological polar surface area (TPSA) is 67.9 Å². The molecule has 0 saturated carbocycles. The van der Waals surface area contributed by atoms with Gasteiger partial charge in [-0.3, -0.25) is 9.59 Å². The molecule has 1 aliphatic heterocycles. The first kappa shape index (κ1) is 24.6. The summed E-state index contributed by atoms with van der Waals surface area (Å²) in [6.45, 7) is 0.630. The second kappa shape index (κ2) is 9.96. The lowest BCUT2D eigenvalue weighted by Crippen LogP contribution is -2.33. The minimum atomic E-state index is -5.05. The Labute approximate surface area is 201 Å². The Morgan fingerprint density at radius 1 is 1.06 bits per heavy atom. The number of nitrogens with one attached hydrogen (secondary N) is 1. The van der Waals surface area contributed by atoms with E-state index in [1.54, 1.807) is 35.2 Å². The summed E-state index contributed by atoms with van der Waals surface area (Å²) >= 11 is 1.35. The zero-order chi connectivity index (χ0) is 25.2. The number of amides is 2. The predicted octanol–water partition coefficient (Wildman–Crippen LogP) is 5.73. The molecule has 1 aliphatic rings. The summed E-state index contributed by atoms with van der Waals surface area (Å²) in [4.78, 5) is 28.8. The van der Waals surface area contributed by atoms with Crippen LogP contribution in [-0.2, 0) is 4.74 Å². The highest BCUT2D eigenvalue weighted by atomic mass is 32.2. The Kier molecular flexibility index (Phi) is 6.99. The van der Waals surface area contributed by atoms with Crippen LogP contribution in [0.5, 0.6) is 5.75 Å². The lowest BCUT2D eigenvalue weighted by molar-refractivity contribution is -0.275. The van der Waals surface area contributed by atoms with E-state index in [0.29, 0.717) is 41.1 Å². The first-order valence-electron chi connectivity index (χ1n) is 10.2. The molecule has 4 rings (SSSR count). The smallest absolute Gasteiger partial charge is 0.403 e. The van der Waals surface area contributed by atoms with Crippen molar-refractivity contribution in [3.05, 3.63) is 77.6 Å². The monoisotopic (exact) mass is 506 g/mol. The van der Waals surface area contributed by atoms with Crippen LogP contribution in [0.15, 0.2) is 70.5 Å². The average Bonchev–Trinajstić information content (AvgIpc) is 2.92. The second-order valence-corrected chi connectivity index (χ2v) is 8.46. The van der Waals surface area contributed by atoms with E-state index in [2.05, 4.69) is 10.1 Å². The largest absolute Gasteiger partial charge is 0.573 e. The van der Waals surface area contributed by atoms with E-state index in [4.69, 9.17) is 4.74 Å². The summed E-state index contributed by atoms with van der Waals surface area (Å²) in [5.41, 5.74) is 1.33. The number of halogens is 4. The van der Waals surface area contributed by atoms with E-state index in [0.717, 1.165) is 17.0 Å². The fourth-order valence-electron chi connectivity index (χ4n) is 3.46. The first-order chi connectivity index (χ1) is 16.7. The molecular formula is C24H18F4N2O4S. The number of nitrogens with zero attached hydrogens (tertiary/aromatic N) is 1. The molecule has 0 fully saturated rings. The van der Waals surface area contributed by atoms with Crippen LogP contribution in [0.1, 0.15) is 20.7 Å². The van der Waals surface area contributed by atoms with E-state index >= 15 is 0 Å². The van der Waals surface area contributed by atoms with Crippen molar-refractivity contribution in [1.82, 2.24) is 0 Å². The van der Waals surface area contributed by atoms with E-state index in [-0.39, 0.29) is 11.5 Å². The Balaban J connectivity index is 1.61. The van der Waals surface area contributed by atoms with E-state index in [9.17, 15) is 27.2 Å². The van der Waals surface area contributed by atoms with E-state index in [1.807, 2.05) is 12.1 Å². The third-order valence-electron chi connectivity index (χ3n) is 5.03. The van der Waals surface area contributed by atoms with Gasteiger partial charge in [-0.1, -0.05) is 23.9 Å². The maximum Gasteiger partial charge on any atom is 0.573 e. The Morgan fingerprint density at radius 2 is 1.83 bits per heavy atom. The molecule has 0 aromatic heterocycles. The van der Waals surface area contributed by atoms with Crippen LogP contribution < -0.4 is 15.0 Å². The number of benzene rings is 3. The molecule has 0 unspecified atom stereocenters. The normalized spacial score (nSPS) is 13.1. The third kappa shape index (κ3) is 5.57. The molecular weight excluding hydrogens is 488 g/mol. The zero-order valence-corrected chi connectivity index (χ0v) is 19.0. The van der Waals surface area contributed by atoms with Gasteiger partial charge in [-0.05, 0) is 48.5 Å². The molecule has 0 atom stereocenters. The lowest BCUT2D eigenvalue weighted by atomic mass is 10.1. The Morgan fingerprint density at radius 3 is 2.54 bits per heavy atom. The number of alkyl halides is 3. The summed E-state index contributed by atoms with van der Waals surface area (Å²) in [6.07, 6.45) is -5.05. The molecule has 1 heterocycles. The average molecular weight is 506 g/mol. The van der Waals surface area contributed by atoms with E-state index < -0.39 is 23.8 Å². The van der Waals surface area contributed by atoms with Crippen molar-refractivity contribution in [2.24, 2.45) is 0 Å². The number of hydrogen-bond acceptors (Lipinski definition) is 5. The number of carbonyl (C=O) groups is 2. The van der Waals surface area contributed by atoms with Gasteiger partial charge in [-0.25, -0.2) is 4.39 Å². The van der Waals surface area contributed by atoms with Crippen molar-refractivity contribution in [3.63, 3.8) is 0 Å².